The lowest BCUT2D eigenvalue weighted by atomic mass is 9.48. The van der Waals surface area contributed by atoms with E-state index in [1.54, 1.807) is 21.3 Å². The van der Waals surface area contributed by atoms with Crippen LogP contribution in [0.25, 0.3) is 0 Å². The highest BCUT2D eigenvalue weighted by Crippen LogP contribution is 2.63. The Morgan fingerprint density at radius 2 is 1.75 bits per heavy atom. The van der Waals surface area contributed by atoms with E-state index < -0.39 is 0 Å². The van der Waals surface area contributed by atoms with Crippen LogP contribution in [0.3, 0.4) is 0 Å². The van der Waals surface area contributed by atoms with Crippen LogP contribution in [0.15, 0.2) is 12.1 Å². The number of fused-ring (bicyclic) bond motifs is 1. The molecule has 0 N–H and O–H groups in total. The van der Waals surface area contributed by atoms with Crippen LogP contribution in [0.4, 0.5) is 0 Å². The lowest BCUT2D eigenvalue weighted by molar-refractivity contribution is -0.130. The Morgan fingerprint density at radius 3 is 2.31 bits per heavy atom. The molecule has 2 heterocycles. The molecular weight excluding hydrogens is 408 g/mol. The SMILES string of the molecule is COc1cc(CCC(=O)N2C[C@@H]3C(C)(C)C[C@]3(CN3CCOCC3)C2)cc(OC)c1OC. The van der Waals surface area contributed by atoms with Gasteiger partial charge in [0.2, 0.25) is 11.7 Å². The van der Waals surface area contributed by atoms with Crippen molar-refractivity contribution in [2.45, 2.75) is 33.1 Å². The minimum atomic E-state index is 0.239. The summed E-state index contributed by atoms with van der Waals surface area (Å²) in [5, 5.41) is 0. The monoisotopic (exact) mass is 446 g/mol. The zero-order valence-corrected chi connectivity index (χ0v) is 20.2. The molecule has 4 rings (SSSR count). The molecule has 0 bridgehead atoms. The lowest BCUT2D eigenvalue weighted by Gasteiger charge is -2.58. The molecule has 1 aromatic carbocycles. The average Bonchev–Trinajstić information content (AvgIpc) is 3.11. The highest BCUT2D eigenvalue weighted by molar-refractivity contribution is 5.77. The Hall–Kier alpha value is -1.99. The lowest BCUT2D eigenvalue weighted by Crippen LogP contribution is -2.59. The molecule has 7 heteroatoms. The number of nitrogens with zero attached hydrogens (tertiary/aromatic N) is 2. The summed E-state index contributed by atoms with van der Waals surface area (Å²) in [6, 6.07) is 3.87. The van der Waals surface area contributed by atoms with Crippen molar-refractivity contribution >= 4 is 5.91 Å². The summed E-state index contributed by atoms with van der Waals surface area (Å²) in [6.07, 6.45) is 2.33. The van der Waals surface area contributed by atoms with Crippen molar-refractivity contribution in [3.05, 3.63) is 17.7 Å². The van der Waals surface area contributed by atoms with Crippen molar-refractivity contribution in [1.82, 2.24) is 9.80 Å². The minimum absolute atomic E-state index is 0.239. The molecule has 7 nitrogen and oxygen atoms in total. The highest BCUT2D eigenvalue weighted by Gasteiger charge is 2.63. The third-order valence-corrected chi connectivity index (χ3v) is 7.75. The van der Waals surface area contributed by atoms with Gasteiger partial charge in [0.1, 0.15) is 0 Å². The number of hydrogen-bond acceptors (Lipinski definition) is 6. The van der Waals surface area contributed by atoms with E-state index in [4.69, 9.17) is 18.9 Å². The number of ether oxygens (including phenoxy) is 4. The second-order valence-electron chi connectivity index (χ2n) is 10.3. The smallest absolute Gasteiger partial charge is 0.222 e. The number of aryl methyl sites for hydroxylation is 1. The number of carbonyl (C=O) groups is 1. The van der Waals surface area contributed by atoms with Crippen molar-refractivity contribution in [3.8, 4) is 17.2 Å². The van der Waals surface area contributed by atoms with E-state index in [1.165, 1.54) is 6.42 Å². The summed E-state index contributed by atoms with van der Waals surface area (Å²) in [6.45, 7) is 11.2. The number of likely N-dealkylation sites (tertiary alicyclic amines) is 1. The topological polar surface area (TPSA) is 60.5 Å². The first-order valence-electron chi connectivity index (χ1n) is 11.7. The maximum absolute atomic E-state index is 13.2. The van der Waals surface area contributed by atoms with Crippen LogP contribution in [0.2, 0.25) is 0 Å². The van der Waals surface area contributed by atoms with Crippen LogP contribution in [0, 0.1) is 16.7 Å². The fourth-order valence-corrected chi connectivity index (χ4v) is 6.42. The first-order chi connectivity index (χ1) is 15.3. The van der Waals surface area contributed by atoms with E-state index in [-0.39, 0.29) is 11.3 Å². The second-order valence-corrected chi connectivity index (χ2v) is 10.3. The summed E-state index contributed by atoms with van der Waals surface area (Å²) < 4.78 is 21.9. The van der Waals surface area contributed by atoms with Gasteiger partial charge in [-0.25, -0.2) is 0 Å². The van der Waals surface area contributed by atoms with Gasteiger partial charge in [-0.3, -0.25) is 9.69 Å². The predicted molar refractivity (Wildman–Crippen MR) is 123 cm³/mol. The summed E-state index contributed by atoms with van der Waals surface area (Å²) in [5.74, 6) is 2.64. The Balaban J connectivity index is 1.41. The van der Waals surface area contributed by atoms with Gasteiger partial charge >= 0.3 is 0 Å². The van der Waals surface area contributed by atoms with Crippen molar-refractivity contribution in [2.75, 3.05) is 67.3 Å². The molecule has 0 unspecified atom stereocenters. The van der Waals surface area contributed by atoms with Gasteiger partial charge in [0.15, 0.2) is 11.5 Å². The number of rotatable bonds is 8. The van der Waals surface area contributed by atoms with E-state index in [0.717, 1.165) is 51.5 Å². The van der Waals surface area contributed by atoms with Gasteiger partial charge in [0.25, 0.3) is 0 Å². The fourth-order valence-electron chi connectivity index (χ4n) is 6.42. The number of methoxy groups -OCH3 is 3. The number of benzene rings is 1. The molecule has 3 fully saturated rings. The molecule has 1 saturated carbocycles. The first kappa shape index (κ1) is 23.2. The molecule has 0 spiro atoms. The normalized spacial score (nSPS) is 26.9. The van der Waals surface area contributed by atoms with Crippen LogP contribution in [-0.2, 0) is 16.0 Å². The van der Waals surface area contributed by atoms with Crippen LogP contribution in [0.1, 0.15) is 32.3 Å². The maximum atomic E-state index is 13.2. The van der Waals surface area contributed by atoms with E-state index in [9.17, 15) is 4.79 Å². The van der Waals surface area contributed by atoms with Gasteiger partial charge in [-0.15, -0.1) is 0 Å². The third kappa shape index (κ3) is 4.29. The first-order valence-corrected chi connectivity index (χ1v) is 11.7. The maximum Gasteiger partial charge on any atom is 0.222 e. The van der Waals surface area contributed by atoms with Gasteiger partial charge in [-0.2, -0.15) is 0 Å². The Bertz CT molecular complexity index is 811. The van der Waals surface area contributed by atoms with Crippen molar-refractivity contribution < 1.29 is 23.7 Å². The zero-order valence-electron chi connectivity index (χ0n) is 20.2. The molecule has 2 aliphatic heterocycles. The van der Waals surface area contributed by atoms with Gasteiger partial charge in [-0.1, -0.05) is 13.8 Å². The minimum Gasteiger partial charge on any atom is -0.493 e. The van der Waals surface area contributed by atoms with Gasteiger partial charge in [-0.05, 0) is 41.9 Å². The Morgan fingerprint density at radius 1 is 1.09 bits per heavy atom. The third-order valence-electron chi connectivity index (χ3n) is 7.75. The largest absolute Gasteiger partial charge is 0.493 e. The van der Waals surface area contributed by atoms with Crippen molar-refractivity contribution in [3.63, 3.8) is 0 Å². The summed E-state index contributed by atoms with van der Waals surface area (Å²) in [5.41, 5.74) is 1.56. The van der Waals surface area contributed by atoms with E-state index in [1.807, 2.05) is 12.1 Å². The molecule has 2 saturated heterocycles. The predicted octanol–water partition coefficient (Wildman–Crippen LogP) is 2.85. The van der Waals surface area contributed by atoms with Gasteiger partial charge in [0.05, 0.1) is 34.5 Å². The Labute approximate surface area is 191 Å². The summed E-state index contributed by atoms with van der Waals surface area (Å²) >= 11 is 0. The molecule has 2 atom stereocenters. The van der Waals surface area contributed by atoms with Gasteiger partial charge in [0, 0.05) is 44.6 Å². The van der Waals surface area contributed by atoms with E-state index in [2.05, 4.69) is 23.6 Å². The van der Waals surface area contributed by atoms with Crippen LogP contribution in [-0.4, -0.2) is 83.0 Å². The van der Waals surface area contributed by atoms with E-state index >= 15 is 0 Å². The number of amides is 1. The molecule has 178 valence electrons. The molecular formula is C25H38N2O5. The number of carbonyl (C=O) groups excluding carboxylic acids is 1. The van der Waals surface area contributed by atoms with Crippen molar-refractivity contribution in [1.29, 1.82) is 0 Å². The quantitative estimate of drug-likeness (QED) is 0.612. The number of morpholine rings is 1. The van der Waals surface area contributed by atoms with E-state index in [0.29, 0.717) is 41.4 Å². The second kappa shape index (κ2) is 9.10. The molecule has 0 aromatic heterocycles. The van der Waals surface area contributed by atoms with Crippen molar-refractivity contribution in [2.24, 2.45) is 16.7 Å². The molecule has 3 aliphatic rings. The average molecular weight is 447 g/mol. The Kier molecular flexibility index (Phi) is 6.59. The summed E-state index contributed by atoms with van der Waals surface area (Å²) in [4.78, 5) is 17.9. The van der Waals surface area contributed by atoms with Crippen LogP contribution >= 0.6 is 0 Å². The molecule has 32 heavy (non-hydrogen) atoms. The molecule has 0 radical (unpaired) electrons. The van der Waals surface area contributed by atoms with Crippen LogP contribution < -0.4 is 14.2 Å². The standard InChI is InChI=1S/C25H38N2O5/c1-24(2)15-25(16-26-8-10-32-11-9-26)17-27(14-21(24)25)22(28)7-6-18-12-19(29-3)23(31-5)20(13-18)30-4/h12-13,21H,6-11,14-17H2,1-5H3/t21-,25+/m1/s1. The molecule has 1 aromatic rings. The number of hydrogen-bond donors (Lipinski definition) is 0. The zero-order chi connectivity index (χ0) is 22.9. The summed E-state index contributed by atoms with van der Waals surface area (Å²) in [7, 11) is 4.82. The highest BCUT2D eigenvalue weighted by atomic mass is 16.5. The fraction of sp³-hybridized carbons (Fsp3) is 0.720. The molecule has 1 aliphatic carbocycles. The molecule has 1 amide bonds. The van der Waals surface area contributed by atoms with Crippen LogP contribution in [0.5, 0.6) is 17.2 Å². The van der Waals surface area contributed by atoms with Gasteiger partial charge < -0.3 is 23.8 Å².